The molecule has 16 heavy (non-hydrogen) atoms. The summed E-state index contributed by atoms with van der Waals surface area (Å²) in [5.41, 5.74) is 5.26. The molecular formula is C11H17N3O2. The van der Waals surface area contributed by atoms with Crippen molar-refractivity contribution in [2.45, 2.75) is 31.8 Å². The fourth-order valence-electron chi connectivity index (χ4n) is 2.26. The second-order valence-corrected chi connectivity index (χ2v) is 4.28. The quantitative estimate of drug-likeness (QED) is 0.697. The predicted molar refractivity (Wildman–Crippen MR) is 59.6 cm³/mol. The largest absolute Gasteiger partial charge is 0.368 e. The van der Waals surface area contributed by atoms with Crippen LogP contribution in [0.1, 0.15) is 19.8 Å². The van der Waals surface area contributed by atoms with Gasteiger partial charge in [-0.25, -0.2) is 4.79 Å². The molecule has 2 aliphatic rings. The Hall–Kier alpha value is -1.52. The first-order valence-corrected chi connectivity index (χ1v) is 5.70. The molecule has 2 aliphatic heterocycles. The van der Waals surface area contributed by atoms with E-state index in [0.29, 0.717) is 6.54 Å². The van der Waals surface area contributed by atoms with Gasteiger partial charge in [-0.05, 0) is 6.42 Å². The molecule has 1 unspecified atom stereocenters. The number of carbonyl (C=O) groups excluding carboxylic acids is 2. The van der Waals surface area contributed by atoms with E-state index in [9.17, 15) is 9.59 Å². The van der Waals surface area contributed by atoms with Crippen LogP contribution >= 0.6 is 0 Å². The van der Waals surface area contributed by atoms with Gasteiger partial charge in [-0.2, -0.15) is 0 Å². The third-order valence-electron chi connectivity index (χ3n) is 3.17. The number of hydrogen-bond acceptors (Lipinski definition) is 2. The van der Waals surface area contributed by atoms with E-state index in [1.807, 2.05) is 11.0 Å². The summed E-state index contributed by atoms with van der Waals surface area (Å²) in [5, 5.41) is 0. The lowest BCUT2D eigenvalue weighted by Gasteiger charge is -2.23. The minimum Gasteiger partial charge on any atom is -0.368 e. The molecule has 2 atom stereocenters. The maximum Gasteiger partial charge on any atom is 0.321 e. The molecule has 0 aromatic heterocycles. The van der Waals surface area contributed by atoms with E-state index in [1.165, 1.54) is 0 Å². The maximum atomic E-state index is 12.0. The van der Waals surface area contributed by atoms with Crippen molar-refractivity contribution < 1.29 is 9.59 Å². The summed E-state index contributed by atoms with van der Waals surface area (Å²) < 4.78 is 0. The van der Waals surface area contributed by atoms with Gasteiger partial charge in [0.25, 0.3) is 0 Å². The van der Waals surface area contributed by atoms with Crippen molar-refractivity contribution in [2.75, 3.05) is 13.1 Å². The first-order chi connectivity index (χ1) is 7.65. The van der Waals surface area contributed by atoms with Gasteiger partial charge in [-0.1, -0.05) is 25.5 Å². The number of carbonyl (C=O) groups is 2. The fraction of sp³-hybridized carbons (Fsp3) is 0.636. The molecule has 5 nitrogen and oxygen atoms in total. The van der Waals surface area contributed by atoms with E-state index in [-0.39, 0.29) is 12.1 Å². The average molecular weight is 223 g/mol. The number of nitrogens with two attached hydrogens (primary N) is 1. The molecule has 2 N–H and O–H groups in total. The number of primary amides is 1. The Kier molecular flexibility index (Phi) is 2.85. The average Bonchev–Trinajstić information content (AvgIpc) is 2.50. The fourth-order valence-corrected chi connectivity index (χ4v) is 2.26. The number of amides is 3. The minimum atomic E-state index is -0.560. The second-order valence-electron chi connectivity index (χ2n) is 4.28. The van der Waals surface area contributed by atoms with Crippen molar-refractivity contribution in [1.29, 1.82) is 0 Å². The molecule has 3 amide bonds. The Morgan fingerprint density at radius 2 is 2.31 bits per heavy atom. The van der Waals surface area contributed by atoms with Gasteiger partial charge in [-0.15, -0.1) is 0 Å². The lowest BCUT2D eigenvalue weighted by molar-refractivity contribution is -0.120. The predicted octanol–water partition coefficient (Wildman–Crippen LogP) is 0.316. The van der Waals surface area contributed by atoms with Gasteiger partial charge in [-0.3, -0.25) is 4.79 Å². The van der Waals surface area contributed by atoms with E-state index < -0.39 is 11.9 Å². The number of urea groups is 1. The Morgan fingerprint density at radius 1 is 1.56 bits per heavy atom. The molecule has 0 saturated carbocycles. The summed E-state index contributed by atoms with van der Waals surface area (Å²) in [4.78, 5) is 26.6. The SMILES string of the molecule is CCCCN1C(=O)N2C[C@H]1C=CC2C(N)=O. The standard InChI is InChI=1S/C11H17N3O2/c1-2-3-6-13-8-4-5-9(10(12)15)14(7-8)11(13)16/h4-5,8-9H,2-3,6-7H2,1H3,(H2,12,15)/t8-,9?/m1/s1. The van der Waals surface area contributed by atoms with Crippen molar-refractivity contribution in [3.05, 3.63) is 12.2 Å². The van der Waals surface area contributed by atoms with Gasteiger partial charge in [0.15, 0.2) is 0 Å². The highest BCUT2D eigenvalue weighted by atomic mass is 16.2. The van der Waals surface area contributed by atoms with Crippen LogP contribution < -0.4 is 5.73 Å². The molecule has 5 heteroatoms. The molecule has 0 aromatic rings. The van der Waals surface area contributed by atoms with Gasteiger partial charge in [0, 0.05) is 13.1 Å². The third kappa shape index (κ3) is 1.66. The lowest BCUT2D eigenvalue weighted by Crippen LogP contribution is -2.46. The number of rotatable bonds is 4. The van der Waals surface area contributed by atoms with Crippen LogP contribution in [0.25, 0.3) is 0 Å². The van der Waals surface area contributed by atoms with Crippen molar-refractivity contribution in [3.8, 4) is 0 Å². The first-order valence-electron chi connectivity index (χ1n) is 5.70. The Labute approximate surface area is 94.9 Å². The molecule has 2 rings (SSSR count). The normalized spacial score (nSPS) is 27.7. The van der Waals surface area contributed by atoms with E-state index in [4.69, 9.17) is 5.73 Å². The van der Waals surface area contributed by atoms with Crippen LogP contribution in [0.3, 0.4) is 0 Å². The van der Waals surface area contributed by atoms with Crippen LogP contribution in [0.15, 0.2) is 12.2 Å². The molecule has 1 saturated heterocycles. The maximum absolute atomic E-state index is 12.0. The summed E-state index contributed by atoms with van der Waals surface area (Å²) in [7, 11) is 0. The zero-order chi connectivity index (χ0) is 11.7. The van der Waals surface area contributed by atoms with Gasteiger partial charge in [0.05, 0.1) is 6.04 Å². The van der Waals surface area contributed by atoms with E-state index in [2.05, 4.69) is 6.92 Å². The van der Waals surface area contributed by atoms with Crippen LogP contribution in [0.2, 0.25) is 0 Å². The Balaban J connectivity index is 2.12. The van der Waals surface area contributed by atoms with Gasteiger partial charge in [0.1, 0.15) is 6.04 Å². The highest BCUT2D eigenvalue weighted by Gasteiger charge is 2.42. The van der Waals surface area contributed by atoms with Crippen LogP contribution in [-0.2, 0) is 4.79 Å². The molecule has 1 fully saturated rings. The summed E-state index contributed by atoms with van der Waals surface area (Å²) in [5.74, 6) is -0.458. The number of nitrogens with zero attached hydrogens (tertiary/aromatic N) is 2. The third-order valence-corrected chi connectivity index (χ3v) is 3.17. The second kappa shape index (κ2) is 4.15. The molecule has 2 heterocycles. The molecular weight excluding hydrogens is 206 g/mol. The summed E-state index contributed by atoms with van der Waals surface area (Å²) in [6.45, 7) is 3.44. The Morgan fingerprint density at radius 3 is 2.94 bits per heavy atom. The van der Waals surface area contributed by atoms with Crippen LogP contribution in [0.4, 0.5) is 4.79 Å². The number of fused-ring (bicyclic) bond motifs is 2. The van der Waals surface area contributed by atoms with Crippen molar-refractivity contribution in [1.82, 2.24) is 9.80 Å². The highest BCUT2D eigenvalue weighted by molar-refractivity contribution is 5.89. The molecule has 2 bridgehead atoms. The molecule has 0 radical (unpaired) electrons. The topological polar surface area (TPSA) is 66.6 Å². The number of unbranched alkanes of at least 4 members (excludes halogenated alkanes) is 1. The zero-order valence-electron chi connectivity index (χ0n) is 9.43. The van der Waals surface area contributed by atoms with Crippen LogP contribution in [0, 0.1) is 0 Å². The molecule has 88 valence electrons. The van der Waals surface area contributed by atoms with Crippen molar-refractivity contribution in [3.63, 3.8) is 0 Å². The smallest absolute Gasteiger partial charge is 0.321 e. The summed E-state index contributed by atoms with van der Waals surface area (Å²) in [6, 6.07) is -0.503. The van der Waals surface area contributed by atoms with Gasteiger partial charge in [0.2, 0.25) is 5.91 Å². The minimum absolute atomic E-state index is 0.0627. The van der Waals surface area contributed by atoms with Gasteiger partial charge < -0.3 is 15.5 Å². The van der Waals surface area contributed by atoms with E-state index in [0.717, 1.165) is 19.4 Å². The van der Waals surface area contributed by atoms with E-state index in [1.54, 1.807) is 11.0 Å². The molecule has 0 aliphatic carbocycles. The van der Waals surface area contributed by atoms with Gasteiger partial charge >= 0.3 is 6.03 Å². The monoisotopic (exact) mass is 223 g/mol. The van der Waals surface area contributed by atoms with Crippen molar-refractivity contribution >= 4 is 11.9 Å². The zero-order valence-corrected chi connectivity index (χ0v) is 9.43. The highest BCUT2D eigenvalue weighted by Crippen LogP contribution is 2.25. The summed E-state index contributed by atoms with van der Waals surface area (Å²) >= 11 is 0. The Bertz CT molecular complexity index is 340. The van der Waals surface area contributed by atoms with Crippen LogP contribution in [0.5, 0.6) is 0 Å². The molecule has 0 aromatic carbocycles. The van der Waals surface area contributed by atoms with E-state index >= 15 is 0 Å². The summed E-state index contributed by atoms with van der Waals surface area (Å²) in [6.07, 6.45) is 5.71. The first kappa shape index (κ1) is 11.0. The van der Waals surface area contributed by atoms with Crippen LogP contribution in [-0.4, -0.2) is 46.9 Å². The van der Waals surface area contributed by atoms with Crippen molar-refractivity contribution in [2.24, 2.45) is 5.73 Å². The lowest BCUT2D eigenvalue weighted by atomic mass is 10.1. The molecule has 0 spiro atoms. The number of hydrogen-bond donors (Lipinski definition) is 1.